The molecule has 1 aromatic carbocycles. The van der Waals surface area contributed by atoms with E-state index in [1.807, 2.05) is 6.07 Å². The highest BCUT2D eigenvalue weighted by Crippen LogP contribution is 2.57. The van der Waals surface area contributed by atoms with Crippen LogP contribution >= 0.6 is 0 Å². The summed E-state index contributed by atoms with van der Waals surface area (Å²) >= 11 is 0. The first-order valence-electron chi connectivity index (χ1n) is 9.40. The summed E-state index contributed by atoms with van der Waals surface area (Å²) in [5, 5.41) is 0. The topological polar surface area (TPSA) is 81.9 Å². The monoisotopic (exact) mass is 378 g/mol. The number of nitrogens with two attached hydrogens (primary N) is 1. The average Bonchev–Trinajstić information content (AvgIpc) is 3.10. The molecule has 1 saturated heterocycles. The van der Waals surface area contributed by atoms with Crippen molar-refractivity contribution >= 4 is 11.9 Å². The highest BCUT2D eigenvalue weighted by molar-refractivity contribution is 6.03. The zero-order chi connectivity index (χ0) is 19.7. The maximum Gasteiger partial charge on any atom is 0.321 e. The lowest BCUT2D eigenvalue weighted by Gasteiger charge is -2.51. The lowest BCUT2D eigenvalue weighted by Crippen LogP contribution is -2.61. The van der Waals surface area contributed by atoms with Gasteiger partial charge in [0.15, 0.2) is 5.41 Å². The molecule has 0 atom stereocenters. The third-order valence-corrected chi connectivity index (χ3v) is 5.88. The van der Waals surface area contributed by atoms with E-state index in [-0.39, 0.29) is 25.3 Å². The summed E-state index contributed by atoms with van der Waals surface area (Å²) in [5.41, 5.74) is 4.39. The van der Waals surface area contributed by atoms with Crippen LogP contribution < -0.4 is 5.73 Å². The summed E-state index contributed by atoms with van der Waals surface area (Å²) < 4.78 is 25.4. The minimum Gasteiger partial charge on any atom is -0.465 e. The lowest BCUT2D eigenvalue weighted by atomic mass is 9.56. The Kier molecular flexibility index (Phi) is 5.53. The number of hydrogen-bond donors (Lipinski definition) is 1. The van der Waals surface area contributed by atoms with Gasteiger partial charge in [-0.15, -0.1) is 0 Å². The Hall–Kier alpha value is -1.99. The first-order chi connectivity index (χ1) is 12.9. The summed E-state index contributed by atoms with van der Waals surface area (Å²) in [6.45, 7) is 4.39. The summed E-state index contributed by atoms with van der Waals surface area (Å²) in [5.74, 6) is -1.68. The molecule has 0 spiro atoms. The SMILES string of the molecule is CCOC(=O)C1(C(N)=O)CC(OC)(c2ccc(CN3CCCC3)c(F)c2)C1. The molecule has 7 heteroatoms. The van der Waals surface area contributed by atoms with Crippen molar-refractivity contribution in [2.75, 3.05) is 26.8 Å². The van der Waals surface area contributed by atoms with Crippen LogP contribution in [0.1, 0.15) is 43.7 Å². The highest BCUT2D eigenvalue weighted by Gasteiger charge is 2.64. The van der Waals surface area contributed by atoms with E-state index < -0.39 is 22.9 Å². The first-order valence-corrected chi connectivity index (χ1v) is 9.40. The van der Waals surface area contributed by atoms with E-state index in [0.29, 0.717) is 17.7 Å². The first kappa shape index (κ1) is 19.8. The van der Waals surface area contributed by atoms with Crippen LogP contribution in [0.4, 0.5) is 4.39 Å². The van der Waals surface area contributed by atoms with Gasteiger partial charge < -0.3 is 15.2 Å². The Morgan fingerprint density at radius 1 is 1.26 bits per heavy atom. The van der Waals surface area contributed by atoms with Gasteiger partial charge in [-0.3, -0.25) is 14.5 Å². The predicted molar refractivity (Wildman–Crippen MR) is 97.1 cm³/mol. The summed E-state index contributed by atoms with van der Waals surface area (Å²) in [6.07, 6.45) is 2.40. The van der Waals surface area contributed by atoms with Crippen LogP contribution in [0.25, 0.3) is 0 Å². The number of methoxy groups -OCH3 is 1. The molecule has 2 fully saturated rings. The minimum absolute atomic E-state index is 0.0512. The number of carbonyl (C=O) groups is 2. The molecule has 2 aliphatic rings. The van der Waals surface area contributed by atoms with Gasteiger partial charge in [0.05, 0.1) is 12.2 Å². The molecule has 1 saturated carbocycles. The second-order valence-electron chi connectivity index (χ2n) is 7.51. The molecule has 1 aromatic rings. The van der Waals surface area contributed by atoms with Gasteiger partial charge in [-0.1, -0.05) is 12.1 Å². The van der Waals surface area contributed by atoms with E-state index in [1.165, 1.54) is 13.2 Å². The maximum absolute atomic E-state index is 14.7. The van der Waals surface area contributed by atoms with Gasteiger partial charge in [-0.2, -0.15) is 0 Å². The van der Waals surface area contributed by atoms with Crippen LogP contribution in [0, 0.1) is 11.2 Å². The lowest BCUT2D eigenvalue weighted by molar-refractivity contribution is -0.197. The Labute approximate surface area is 158 Å². The highest BCUT2D eigenvalue weighted by atomic mass is 19.1. The number of hydrogen-bond acceptors (Lipinski definition) is 5. The van der Waals surface area contributed by atoms with Crippen LogP contribution in [-0.2, 0) is 31.2 Å². The molecular formula is C20H27FN2O4. The smallest absolute Gasteiger partial charge is 0.321 e. The van der Waals surface area contributed by atoms with Crippen LogP contribution in [0.15, 0.2) is 18.2 Å². The number of likely N-dealkylation sites (tertiary alicyclic amines) is 1. The Bertz CT molecular complexity index is 725. The second kappa shape index (κ2) is 7.56. The van der Waals surface area contributed by atoms with Gasteiger partial charge in [0.2, 0.25) is 5.91 Å². The van der Waals surface area contributed by atoms with Gasteiger partial charge >= 0.3 is 5.97 Å². The van der Waals surface area contributed by atoms with Gasteiger partial charge in [0.1, 0.15) is 5.82 Å². The molecular weight excluding hydrogens is 351 g/mol. The largest absolute Gasteiger partial charge is 0.465 e. The van der Waals surface area contributed by atoms with E-state index >= 15 is 0 Å². The summed E-state index contributed by atoms with van der Waals surface area (Å²) in [6, 6.07) is 5.03. The number of primary amides is 1. The third-order valence-electron chi connectivity index (χ3n) is 5.88. The molecule has 0 bridgehead atoms. The predicted octanol–water partition coefficient (Wildman–Crippen LogP) is 2.09. The zero-order valence-corrected chi connectivity index (χ0v) is 15.9. The van der Waals surface area contributed by atoms with E-state index in [1.54, 1.807) is 13.0 Å². The number of esters is 1. The van der Waals surface area contributed by atoms with E-state index in [0.717, 1.165) is 25.9 Å². The number of amides is 1. The molecule has 148 valence electrons. The van der Waals surface area contributed by atoms with E-state index in [2.05, 4.69) is 4.90 Å². The number of rotatable bonds is 7. The molecule has 1 aliphatic heterocycles. The second-order valence-corrected chi connectivity index (χ2v) is 7.51. The Balaban J connectivity index is 1.81. The van der Waals surface area contributed by atoms with Crippen molar-refractivity contribution in [1.82, 2.24) is 4.90 Å². The Morgan fingerprint density at radius 2 is 1.93 bits per heavy atom. The van der Waals surface area contributed by atoms with Crippen molar-refractivity contribution in [2.24, 2.45) is 11.1 Å². The van der Waals surface area contributed by atoms with Gasteiger partial charge in [0, 0.05) is 32.1 Å². The van der Waals surface area contributed by atoms with Gasteiger partial charge in [0.25, 0.3) is 0 Å². The van der Waals surface area contributed by atoms with Crippen molar-refractivity contribution in [2.45, 2.75) is 44.8 Å². The fourth-order valence-corrected chi connectivity index (χ4v) is 4.22. The summed E-state index contributed by atoms with van der Waals surface area (Å²) in [7, 11) is 1.49. The number of halogens is 1. The minimum atomic E-state index is -1.42. The number of benzene rings is 1. The maximum atomic E-state index is 14.7. The van der Waals surface area contributed by atoms with Crippen molar-refractivity contribution in [3.63, 3.8) is 0 Å². The quantitative estimate of drug-likeness (QED) is 0.580. The van der Waals surface area contributed by atoms with Crippen LogP contribution in [-0.4, -0.2) is 43.6 Å². The standard InChI is InChI=1S/C20H27FN2O4/c1-3-27-18(25)19(17(22)24)12-20(13-19,26-2)15-7-6-14(16(21)10-15)11-23-8-4-5-9-23/h6-7,10H,3-5,8-9,11-13H2,1-2H3,(H2,22,24). The zero-order valence-electron chi connectivity index (χ0n) is 15.9. The van der Waals surface area contributed by atoms with Gasteiger partial charge in [-0.05, 0) is 44.5 Å². The normalized spacial score (nSPS) is 28.0. The van der Waals surface area contributed by atoms with E-state index in [4.69, 9.17) is 15.2 Å². The fraction of sp³-hybridized carbons (Fsp3) is 0.600. The van der Waals surface area contributed by atoms with Crippen LogP contribution in [0.3, 0.4) is 0 Å². The molecule has 6 nitrogen and oxygen atoms in total. The molecule has 1 aliphatic carbocycles. The summed E-state index contributed by atoms with van der Waals surface area (Å²) in [4.78, 5) is 26.5. The van der Waals surface area contributed by atoms with Crippen molar-refractivity contribution in [1.29, 1.82) is 0 Å². The molecule has 27 heavy (non-hydrogen) atoms. The molecule has 0 radical (unpaired) electrons. The number of ether oxygens (including phenoxy) is 2. The molecule has 2 N–H and O–H groups in total. The van der Waals surface area contributed by atoms with Crippen molar-refractivity contribution in [3.8, 4) is 0 Å². The number of nitrogens with zero attached hydrogens (tertiary/aromatic N) is 1. The van der Waals surface area contributed by atoms with Crippen LogP contribution in [0.5, 0.6) is 0 Å². The van der Waals surface area contributed by atoms with Crippen molar-refractivity contribution < 1.29 is 23.5 Å². The average molecular weight is 378 g/mol. The van der Waals surface area contributed by atoms with Gasteiger partial charge in [-0.25, -0.2) is 4.39 Å². The molecule has 0 aromatic heterocycles. The van der Waals surface area contributed by atoms with Crippen molar-refractivity contribution in [3.05, 3.63) is 35.1 Å². The van der Waals surface area contributed by atoms with Crippen LogP contribution in [0.2, 0.25) is 0 Å². The molecule has 1 amide bonds. The third kappa shape index (κ3) is 3.46. The Morgan fingerprint density at radius 3 is 2.44 bits per heavy atom. The molecule has 3 rings (SSSR count). The van der Waals surface area contributed by atoms with E-state index in [9.17, 15) is 14.0 Å². The molecule has 1 heterocycles. The molecule has 0 unspecified atom stereocenters. The number of carbonyl (C=O) groups excluding carboxylic acids is 2. The fourth-order valence-electron chi connectivity index (χ4n) is 4.22.